The summed E-state index contributed by atoms with van der Waals surface area (Å²) in [7, 11) is -4.65. The minimum atomic E-state index is -4.65. The molecule has 3 unspecified atom stereocenters. The lowest BCUT2D eigenvalue weighted by Gasteiger charge is -2.38. The Morgan fingerprint density at radius 1 is 1.07 bits per heavy atom. The van der Waals surface area contributed by atoms with Crippen molar-refractivity contribution in [1.29, 1.82) is 0 Å². The molecule has 0 spiro atoms. The largest absolute Gasteiger partial charge is 0.480 e. The summed E-state index contributed by atoms with van der Waals surface area (Å²) >= 11 is 0. The highest BCUT2D eigenvalue weighted by molar-refractivity contribution is 7.47. The molecule has 0 aliphatic rings. The maximum Gasteiger partial charge on any atom is 0.472 e. The third-order valence-electron chi connectivity index (χ3n) is 4.32. The van der Waals surface area contributed by atoms with E-state index >= 15 is 0 Å². The maximum atomic E-state index is 12.4. The molecule has 3 atom stereocenters. The fourth-order valence-electron chi connectivity index (χ4n) is 2.28. The van der Waals surface area contributed by atoms with Gasteiger partial charge in [-0.3, -0.25) is 13.8 Å². The van der Waals surface area contributed by atoms with E-state index in [0.717, 1.165) is 0 Å². The van der Waals surface area contributed by atoms with Gasteiger partial charge in [-0.1, -0.05) is 20.8 Å². The number of phosphoric ester groups is 1. The minimum absolute atomic E-state index is 0.273. The van der Waals surface area contributed by atoms with E-state index in [9.17, 15) is 24.2 Å². The van der Waals surface area contributed by atoms with E-state index in [4.69, 9.17) is 20.5 Å². The molecule has 1 amide bonds. The van der Waals surface area contributed by atoms with Gasteiger partial charge in [0.2, 0.25) is 5.91 Å². The van der Waals surface area contributed by atoms with Gasteiger partial charge in [0.1, 0.15) is 0 Å². The lowest BCUT2D eigenvalue weighted by atomic mass is 9.80. The van der Waals surface area contributed by atoms with Crippen molar-refractivity contribution in [2.75, 3.05) is 6.61 Å². The van der Waals surface area contributed by atoms with Gasteiger partial charge in [0, 0.05) is 5.54 Å². The van der Waals surface area contributed by atoms with Crippen molar-refractivity contribution >= 4 is 19.7 Å². The molecule has 10 nitrogen and oxygen atoms in total. The molecule has 0 saturated carbocycles. The summed E-state index contributed by atoms with van der Waals surface area (Å²) in [5.74, 6) is -2.16. The molecule has 0 bridgehead atoms. The van der Waals surface area contributed by atoms with Gasteiger partial charge >= 0.3 is 13.8 Å². The second kappa shape index (κ2) is 8.77. The molecule has 0 saturated heterocycles. The van der Waals surface area contributed by atoms with Crippen molar-refractivity contribution in [1.82, 2.24) is 5.32 Å². The predicted molar refractivity (Wildman–Crippen MR) is 105 cm³/mol. The van der Waals surface area contributed by atoms with Crippen molar-refractivity contribution in [2.45, 2.75) is 84.5 Å². The fourth-order valence-corrected chi connectivity index (χ4v) is 3.48. The van der Waals surface area contributed by atoms with E-state index < -0.39 is 49.0 Å². The number of phosphoric acid groups is 1. The third-order valence-corrected chi connectivity index (χ3v) is 5.48. The standard InChI is InChI=1S/C17H36N3O7P/c1-14(2,3)10-17(8,19)13(23)20-11(12(21)22)9-26-28(24,25)27-16(6,7)15(4,5)18/h11H,9-10,18-19H2,1-8H3,(H,20,23)(H,21,22)(H,24,25). The highest BCUT2D eigenvalue weighted by Gasteiger charge is 2.42. The van der Waals surface area contributed by atoms with E-state index in [-0.39, 0.29) is 5.41 Å². The van der Waals surface area contributed by atoms with Crippen LogP contribution >= 0.6 is 7.82 Å². The van der Waals surface area contributed by atoms with E-state index in [1.807, 2.05) is 20.8 Å². The zero-order chi connectivity index (χ0) is 22.8. The molecular weight excluding hydrogens is 389 g/mol. The highest BCUT2D eigenvalue weighted by atomic mass is 31.2. The molecule has 11 heteroatoms. The van der Waals surface area contributed by atoms with Gasteiger partial charge in [-0.25, -0.2) is 9.36 Å². The molecule has 0 radical (unpaired) electrons. The van der Waals surface area contributed by atoms with Gasteiger partial charge in [0.15, 0.2) is 6.04 Å². The second-order valence-electron chi connectivity index (χ2n) is 9.61. The smallest absolute Gasteiger partial charge is 0.472 e. The first-order chi connectivity index (χ1) is 12.1. The fraction of sp³-hybridized carbons (Fsp3) is 0.882. The quantitative estimate of drug-likeness (QED) is 0.324. The number of hydrogen-bond acceptors (Lipinski definition) is 7. The monoisotopic (exact) mass is 425 g/mol. The first-order valence-electron chi connectivity index (χ1n) is 8.89. The molecule has 0 aliphatic heterocycles. The summed E-state index contributed by atoms with van der Waals surface area (Å²) in [5, 5.41) is 11.6. The van der Waals surface area contributed by atoms with Crippen LogP contribution in [0.4, 0.5) is 0 Å². The lowest BCUT2D eigenvalue weighted by molar-refractivity contribution is -0.143. The average molecular weight is 425 g/mol. The van der Waals surface area contributed by atoms with Gasteiger partial charge < -0.3 is 26.8 Å². The molecule has 0 fully saturated rings. The van der Waals surface area contributed by atoms with Crippen LogP contribution in [-0.2, 0) is 23.2 Å². The summed E-state index contributed by atoms with van der Waals surface area (Å²) in [4.78, 5) is 33.8. The zero-order valence-electron chi connectivity index (χ0n) is 18.0. The van der Waals surface area contributed by atoms with E-state index in [1.165, 1.54) is 20.8 Å². The first kappa shape index (κ1) is 27.0. The van der Waals surface area contributed by atoms with Crippen LogP contribution in [0.5, 0.6) is 0 Å². The van der Waals surface area contributed by atoms with Crippen molar-refractivity contribution < 1.29 is 33.2 Å². The average Bonchev–Trinajstić information content (AvgIpc) is 2.37. The molecule has 0 rings (SSSR count). The van der Waals surface area contributed by atoms with Crippen LogP contribution in [0.15, 0.2) is 0 Å². The Morgan fingerprint density at radius 2 is 1.54 bits per heavy atom. The van der Waals surface area contributed by atoms with Crippen LogP contribution in [-0.4, -0.2) is 51.2 Å². The number of carbonyl (C=O) groups excluding carboxylic acids is 1. The van der Waals surface area contributed by atoms with E-state index in [0.29, 0.717) is 6.42 Å². The number of hydrogen-bond donors (Lipinski definition) is 5. The van der Waals surface area contributed by atoms with Crippen LogP contribution in [0.2, 0.25) is 0 Å². The van der Waals surface area contributed by atoms with Crippen molar-refractivity contribution in [3.63, 3.8) is 0 Å². The number of nitrogens with two attached hydrogens (primary N) is 2. The van der Waals surface area contributed by atoms with Crippen molar-refractivity contribution in [3.8, 4) is 0 Å². The molecule has 0 heterocycles. The Hall–Kier alpha value is -1.03. The summed E-state index contributed by atoms with van der Waals surface area (Å²) in [6, 6.07) is -1.59. The number of rotatable bonds is 10. The van der Waals surface area contributed by atoms with Gasteiger partial charge in [0.25, 0.3) is 0 Å². The Kier molecular flexibility index (Phi) is 8.45. The van der Waals surface area contributed by atoms with Crippen LogP contribution in [0.3, 0.4) is 0 Å². The topological polar surface area (TPSA) is 174 Å². The molecule has 0 aromatic carbocycles. The first-order valence-corrected chi connectivity index (χ1v) is 10.4. The second-order valence-corrected chi connectivity index (χ2v) is 11.0. The van der Waals surface area contributed by atoms with E-state index in [1.54, 1.807) is 13.8 Å². The van der Waals surface area contributed by atoms with Gasteiger partial charge in [-0.2, -0.15) is 0 Å². The highest BCUT2D eigenvalue weighted by Crippen LogP contribution is 2.49. The van der Waals surface area contributed by atoms with E-state index in [2.05, 4.69) is 5.32 Å². The third kappa shape index (κ3) is 8.98. The molecular formula is C17H36N3O7P. The van der Waals surface area contributed by atoms with Gasteiger partial charge in [-0.05, 0) is 46.5 Å². The minimum Gasteiger partial charge on any atom is -0.480 e. The Labute approximate surface area is 166 Å². The van der Waals surface area contributed by atoms with Crippen LogP contribution < -0.4 is 16.8 Å². The molecule has 0 aromatic rings. The number of carboxylic acid groups (broad SMARTS) is 1. The maximum absolute atomic E-state index is 12.4. The Bertz CT molecular complexity index is 621. The molecule has 0 aliphatic carbocycles. The van der Waals surface area contributed by atoms with Crippen LogP contribution in [0.25, 0.3) is 0 Å². The van der Waals surface area contributed by atoms with Crippen LogP contribution in [0, 0.1) is 5.41 Å². The number of nitrogens with one attached hydrogen (secondary N) is 1. The van der Waals surface area contributed by atoms with Gasteiger partial charge in [-0.15, -0.1) is 0 Å². The summed E-state index contributed by atoms with van der Waals surface area (Å²) in [6.07, 6.45) is 0.292. The van der Waals surface area contributed by atoms with Crippen molar-refractivity contribution in [3.05, 3.63) is 0 Å². The Morgan fingerprint density at radius 3 is 1.89 bits per heavy atom. The Balaban J connectivity index is 5.13. The normalized spacial score (nSPS) is 18.7. The van der Waals surface area contributed by atoms with Gasteiger partial charge in [0.05, 0.1) is 17.7 Å². The summed E-state index contributed by atoms with van der Waals surface area (Å²) < 4.78 is 22.1. The molecule has 166 valence electrons. The molecule has 0 aromatic heterocycles. The SMILES string of the molecule is CC(C)(C)CC(C)(N)C(=O)NC(COP(=O)(O)OC(C)(C)C(C)(C)N)C(=O)O. The summed E-state index contributed by atoms with van der Waals surface area (Å²) in [5.41, 5.74) is 8.09. The lowest BCUT2D eigenvalue weighted by Crippen LogP contribution is -2.58. The zero-order valence-corrected chi connectivity index (χ0v) is 18.9. The predicted octanol–water partition coefficient (Wildman–Crippen LogP) is 1.36. The van der Waals surface area contributed by atoms with Crippen LogP contribution in [0.1, 0.15) is 61.8 Å². The molecule has 28 heavy (non-hydrogen) atoms. The number of aliphatic carboxylic acids is 1. The summed E-state index contributed by atoms with van der Waals surface area (Å²) in [6.45, 7) is 12.6. The number of amides is 1. The van der Waals surface area contributed by atoms with Crippen molar-refractivity contribution in [2.24, 2.45) is 16.9 Å². The number of carbonyl (C=O) groups is 2. The number of carboxylic acids is 1. The molecule has 7 N–H and O–H groups in total.